The Hall–Kier alpha value is -1.63. The smallest absolute Gasteiger partial charge is 0.252 e. The van der Waals surface area contributed by atoms with Crippen LogP contribution < -0.4 is 10.5 Å². The van der Waals surface area contributed by atoms with Crippen LogP contribution in [0, 0.1) is 17.3 Å². The summed E-state index contributed by atoms with van der Waals surface area (Å²) in [6.45, 7) is 6.29. The molecule has 34 heavy (non-hydrogen) atoms. The number of nitrogens with two attached hydrogens (primary N) is 1. The summed E-state index contributed by atoms with van der Waals surface area (Å²) in [5.41, 5.74) is 7.36. The number of quaternary nitrogens is 1. The van der Waals surface area contributed by atoms with Crippen LogP contribution in [-0.4, -0.2) is 66.1 Å². The molecule has 2 heterocycles. The molecule has 4 saturated carbocycles. The fourth-order valence-corrected chi connectivity index (χ4v) is 10.1. The van der Waals surface area contributed by atoms with E-state index in [2.05, 4.69) is 13.1 Å². The first-order valence-electron chi connectivity index (χ1n) is 13.3. The highest BCUT2D eigenvalue weighted by molar-refractivity contribution is 5.97. The number of fused-ring (bicyclic) bond motifs is 2. The number of piperidine rings is 1. The molecule has 5 fully saturated rings. The van der Waals surface area contributed by atoms with Gasteiger partial charge in [0.05, 0.1) is 42.8 Å². The highest BCUT2D eigenvalue weighted by Crippen LogP contribution is 2.77. The number of rotatable bonds is 5. The molecular weight excluding hydrogens is 428 g/mol. The Kier molecular flexibility index (Phi) is 3.94. The number of methoxy groups -OCH3 is 1. The summed E-state index contributed by atoms with van der Waals surface area (Å²) < 4.78 is 14.5. The van der Waals surface area contributed by atoms with Crippen LogP contribution in [0.25, 0.3) is 0 Å². The lowest BCUT2D eigenvalue weighted by Gasteiger charge is -2.75. The number of benzene rings is 1. The fraction of sp³-hybridized carbons (Fsp3) is 0.750. The van der Waals surface area contributed by atoms with Crippen LogP contribution in [0.15, 0.2) is 12.1 Å². The molecule has 5 aliphatic carbocycles. The summed E-state index contributed by atoms with van der Waals surface area (Å²) >= 11 is 0. The number of carbonyl (C=O) groups is 1. The van der Waals surface area contributed by atoms with E-state index in [0.717, 1.165) is 54.8 Å². The van der Waals surface area contributed by atoms with Crippen molar-refractivity contribution in [1.82, 2.24) is 0 Å². The monoisotopic (exact) mass is 467 g/mol. The van der Waals surface area contributed by atoms with Crippen LogP contribution in [0.5, 0.6) is 5.75 Å². The van der Waals surface area contributed by atoms with Crippen LogP contribution in [0.4, 0.5) is 0 Å². The van der Waals surface area contributed by atoms with Crippen molar-refractivity contribution in [3.8, 4) is 5.75 Å². The molecule has 1 aromatic rings. The number of likely N-dealkylation sites (N-methyl/N-ethyl adjacent to an activating group) is 1. The number of ether oxygens (including phenoxy) is 2. The predicted octanol–water partition coefficient (Wildman–Crippen LogP) is 2.93. The third-order valence-electron chi connectivity index (χ3n) is 11.5. The van der Waals surface area contributed by atoms with Crippen LogP contribution >= 0.6 is 0 Å². The molecule has 7 aliphatic rings. The van der Waals surface area contributed by atoms with Crippen LogP contribution in [0.3, 0.4) is 0 Å². The molecule has 2 spiro atoms. The Balaban J connectivity index is 1.52. The van der Waals surface area contributed by atoms with Gasteiger partial charge in [-0.05, 0) is 57.6 Å². The van der Waals surface area contributed by atoms with E-state index in [1.54, 1.807) is 7.11 Å². The molecule has 4 bridgehead atoms. The molecule has 7 atom stereocenters. The highest BCUT2D eigenvalue weighted by atomic mass is 16.6. The van der Waals surface area contributed by atoms with Gasteiger partial charge < -0.3 is 24.8 Å². The number of hydrogen-bond donors (Lipinski definition) is 2. The SMILES string of the molecule is COC12CCC3(CC1C(C)(C)O)C1Cc4ccc(C(N)=O)c5c4C3(CC[N@@+]1(C)CC1CC1)[C@H]2O5. The van der Waals surface area contributed by atoms with Crippen molar-refractivity contribution < 1.29 is 23.9 Å². The fourth-order valence-electron chi connectivity index (χ4n) is 10.1. The average molecular weight is 468 g/mol. The Morgan fingerprint density at radius 2 is 2.06 bits per heavy atom. The van der Waals surface area contributed by atoms with Crippen molar-refractivity contribution in [1.29, 1.82) is 0 Å². The number of primary amides is 1. The van der Waals surface area contributed by atoms with Gasteiger partial charge in [-0.1, -0.05) is 6.07 Å². The zero-order valence-electron chi connectivity index (χ0n) is 21.0. The number of aliphatic hydroxyl groups is 1. The van der Waals surface area contributed by atoms with Gasteiger partial charge in [0, 0.05) is 42.8 Å². The predicted molar refractivity (Wildman–Crippen MR) is 128 cm³/mol. The number of likely N-dealkylation sites (tertiary alicyclic amines) is 1. The maximum Gasteiger partial charge on any atom is 0.252 e. The summed E-state index contributed by atoms with van der Waals surface area (Å²) in [5.74, 6) is 1.12. The van der Waals surface area contributed by atoms with E-state index in [0.29, 0.717) is 11.6 Å². The summed E-state index contributed by atoms with van der Waals surface area (Å²) in [5, 5.41) is 11.5. The zero-order chi connectivity index (χ0) is 23.9. The van der Waals surface area contributed by atoms with Crippen LogP contribution in [0.1, 0.15) is 73.9 Å². The van der Waals surface area contributed by atoms with Gasteiger partial charge in [-0.3, -0.25) is 4.79 Å². The van der Waals surface area contributed by atoms with E-state index >= 15 is 0 Å². The number of hydrogen-bond acceptors (Lipinski definition) is 4. The zero-order valence-corrected chi connectivity index (χ0v) is 21.0. The summed E-state index contributed by atoms with van der Waals surface area (Å²) in [7, 11) is 4.30. The Labute approximate surface area is 202 Å². The Morgan fingerprint density at radius 3 is 2.71 bits per heavy atom. The first-order chi connectivity index (χ1) is 16.0. The maximum atomic E-state index is 12.5. The van der Waals surface area contributed by atoms with Gasteiger partial charge in [0.1, 0.15) is 17.5 Å². The Morgan fingerprint density at radius 1 is 1.29 bits per heavy atom. The van der Waals surface area contributed by atoms with Crippen molar-refractivity contribution in [2.75, 3.05) is 27.2 Å². The second-order valence-corrected chi connectivity index (χ2v) is 13.3. The minimum Gasteiger partial charge on any atom is -0.485 e. The van der Waals surface area contributed by atoms with Gasteiger partial charge in [0.2, 0.25) is 0 Å². The molecule has 2 aliphatic heterocycles. The second-order valence-electron chi connectivity index (χ2n) is 13.3. The standard InChI is InChI=1S/C28H38N2O4/c1-25(2,32)19-14-26-9-10-28(19,33-4)24-27(26)11-12-30(3,15-16-5-6-16)20(26)13-17-7-8-18(23(29)31)22(34-24)21(17)27/h7-8,16,19-20,24,32H,5-6,9-15H2,1-4H3,(H-,29,31)/p+1/t19?,20?,24-,26?,27?,28?,30+/m1/s1. The molecule has 184 valence electrons. The molecule has 6 nitrogen and oxygen atoms in total. The Bertz CT molecular complexity index is 1110. The molecule has 6 heteroatoms. The van der Waals surface area contributed by atoms with E-state index in [1.807, 2.05) is 19.9 Å². The molecular formula is C28H39N2O4+. The van der Waals surface area contributed by atoms with Gasteiger partial charge in [-0.25, -0.2) is 0 Å². The average Bonchev–Trinajstić information content (AvgIpc) is 3.51. The number of amides is 1. The van der Waals surface area contributed by atoms with Crippen molar-refractivity contribution >= 4 is 5.91 Å². The molecule has 3 N–H and O–H groups in total. The second kappa shape index (κ2) is 6.19. The lowest BCUT2D eigenvalue weighted by molar-refractivity contribution is -0.952. The summed E-state index contributed by atoms with van der Waals surface area (Å²) in [4.78, 5) is 12.5. The van der Waals surface area contributed by atoms with Gasteiger partial charge in [-0.15, -0.1) is 0 Å². The molecule has 8 rings (SSSR count). The quantitative estimate of drug-likeness (QED) is 0.653. The van der Waals surface area contributed by atoms with E-state index in [1.165, 1.54) is 30.5 Å². The topological polar surface area (TPSA) is 81.8 Å². The molecule has 1 amide bonds. The van der Waals surface area contributed by atoms with Crippen molar-refractivity contribution in [3.63, 3.8) is 0 Å². The minimum atomic E-state index is -0.885. The molecule has 1 saturated heterocycles. The lowest BCUT2D eigenvalue weighted by atomic mass is 9.33. The van der Waals surface area contributed by atoms with Crippen LogP contribution in [-0.2, 0) is 16.6 Å². The van der Waals surface area contributed by atoms with Crippen LogP contribution in [0.2, 0.25) is 0 Å². The van der Waals surface area contributed by atoms with E-state index in [4.69, 9.17) is 15.2 Å². The molecule has 5 unspecified atom stereocenters. The number of carbonyl (C=O) groups excluding carboxylic acids is 1. The normalized spacial score (nSPS) is 45.6. The third kappa shape index (κ3) is 2.23. The van der Waals surface area contributed by atoms with Crippen molar-refractivity contribution in [3.05, 3.63) is 28.8 Å². The molecule has 0 radical (unpaired) electrons. The molecule has 1 aromatic carbocycles. The summed E-state index contributed by atoms with van der Waals surface area (Å²) in [6, 6.07) is 4.54. The minimum absolute atomic E-state index is 0.0268. The van der Waals surface area contributed by atoms with Gasteiger partial charge in [0.15, 0.2) is 0 Å². The van der Waals surface area contributed by atoms with Gasteiger partial charge >= 0.3 is 0 Å². The highest BCUT2D eigenvalue weighted by Gasteiger charge is 2.84. The molecule has 0 aromatic heterocycles. The lowest BCUT2D eigenvalue weighted by Crippen LogP contribution is -2.84. The first-order valence-corrected chi connectivity index (χ1v) is 13.3. The first kappa shape index (κ1) is 21.6. The van der Waals surface area contributed by atoms with E-state index in [9.17, 15) is 9.90 Å². The maximum absolute atomic E-state index is 12.5. The van der Waals surface area contributed by atoms with Crippen molar-refractivity contribution in [2.24, 2.45) is 23.0 Å². The van der Waals surface area contributed by atoms with Gasteiger partial charge in [0.25, 0.3) is 5.91 Å². The largest absolute Gasteiger partial charge is 0.485 e. The third-order valence-corrected chi connectivity index (χ3v) is 11.5. The van der Waals surface area contributed by atoms with Crippen molar-refractivity contribution in [2.45, 2.75) is 87.6 Å². The van der Waals surface area contributed by atoms with E-state index < -0.39 is 17.1 Å². The summed E-state index contributed by atoms with van der Waals surface area (Å²) in [6.07, 6.45) is 7.53. The van der Waals surface area contributed by atoms with E-state index in [-0.39, 0.29) is 22.9 Å². The number of nitrogens with zero attached hydrogens (tertiary/aromatic N) is 1. The van der Waals surface area contributed by atoms with Gasteiger partial charge in [-0.2, -0.15) is 0 Å².